The SMILES string of the molecule is CCN(CCO)c1c([N+](=O)[O-])nc(C)n1C. The van der Waals surface area contributed by atoms with Gasteiger partial charge in [0.15, 0.2) is 0 Å². The number of likely N-dealkylation sites (N-methyl/N-ethyl adjacent to an activating group) is 1. The van der Waals surface area contributed by atoms with Crippen molar-refractivity contribution < 1.29 is 10.0 Å². The molecule has 90 valence electrons. The van der Waals surface area contributed by atoms with E-state index in [1.165, 1.54) is 0 Å². The molecule has 0 aliphatic carbocycles. The third kappa shape index (κ3) is 2.13. The molecule has 0 unspecified atom stereocenters. The summed E-state index contributed by atoms with van der Waals surface area (Å²) in [6.45, 7) is 4.48. The number of aromatic nitrogens is 2. The average Bonchev–Trinajstić information content (AvgIpc) is 2.53. The fraction of sp³-hybridized carbons (Fsp3) is 0.667. The van der Waals surface area contributed by atoms with Crippen LogP contribution in [0.2, 0.25) is 0 Å². The summed E-state index contributed by atoms with van der Waals surface area (Å²) < 4.78 is 1.66. The lowest BCUT2D eigenvalue weighted by atomic mass is 10.4. The highest BCUT2D eigenvalue weighted by Gasteiger charge is 2.27. The first-order chi connectivity index (χ1) is 7.52. The first-order valence-corrected chi connectivity index (χ1v) is 5.06. The second-order valence-corrected chi connectivity index (χ2v) is 3.43. The molecular weight excluding hydrogens is 212 g/mol. The van der Waals surface area contributed by atoms with Gasteiger partial charge in [-0.3, -0.25) is 4.57 Å². The maximum Gasteiger partial charge on any atom is 0.406 e. The number of rotatable bonds is 5. The predicted molar refractivity (Wildman–Crippen MR) is 59.6 cm³/mol. The van der Waals surface area contributed by atoms with Crippen molar-refractivity contribution >= 4 is 11.6 Å². The van der Waals surface area contributed by atoms with E-state index in [0.29, 0.717) is 24.7 Å². The quantitative estimate of drug-likeness (QED) is 0.584. The predicted octanol–water partition coefficient (Wildman–Crippen LogP) is 0.455. The molecule has 0 radical (unpaired) electrons. The summed E-state index contributed by atoms with van der Waals surface area (Å²) in [5.74, 6) is 0.868. The van der Waals surface area contributed by atoms with Crippen molar-refractivity contribution in [3.05, 3.63) is 15.9 Å². The molecule has 0 fully saturated rings. The van der Waals surface area contributed by atoms with Gasteiger partial charge in [0, 0.05) is 27.1 Å². The number of anilines is 1. The Balaban J connectivity index is 3.22. The molecule has 0 atom stereocenters. The van der Waals surface area contributed by atoms with Gasteiger partial charge in [-0.25, -0.2) is 0 Å². The van der Waals surface area contributed by atoms with Crippen LogP contribution in [0.3, 0.4) is 0 Å². The minimum atomic E-state index is -0.498. The second kappa shape index (κ2) is 4.93. The standard InChI is InChI=1S/C9H16N4O3/c1-4-12(5-6-14)9-8(13(15)16)10-7(2)11(9)3/h14H,4-6H2,1-3H3. The van der Waals surface area contributed by atoms with Crippen molar-refractivity contribution in [2.24, 2.45) is 7.05 Å². The van der Waals surface area contributed by atoms with Crippen molar-refractivity contribution in [1.82, 2.24) is 9.55 Å². The lowest BCUT2D eigenvalue weighted by molar-refractivity contribution is -0.388. The first-order valence-electron chi connectivity index (χ1n) is 5.06. The highest BCUT2D eigenvalue weighted by atomic mass is 16.6. The van der Waals surface area contributed by atoms with Crippen molar-refractivity contribution in [1.29, 1.82) is 0 Å². The Morgan fingerprint density at radius 1 is 1.62 bits per heavy atom. The summed E-state index contributed by atoms with van der Waals surface area (Å²) in [5.41, 5.74) is 0. The van der Waals surface area contributed by atoms with Crippen LogP contribution in [0.4, 0.5) is 11.6 Å². The summed E-state index contributed by atoms with van der Waals surface area (Å²) in [7, 11) is 1.73. The molecule has 0 bridgehead atoms. The first kappa shape index (κ1) is 12.4. The summed E-state index contributed by atoms with van der Waals surface area (Å²) in [4.78, 5) is 16.0. The molecule has 1 aromatic heterocycles. The van der Waals surface area contributed by atoms with Crippen molar-refractivity contribution in [2.45, 2.75) is 13.8 Å². The van der Waals surface area contributed by atoms with Crippen molar-refractivity contribution in [3.8, 4) is 0 Å². The van der Waals surface area contributed by atoms with E-state index in [0.717, 1.165) is 0 Å². The van der Waals surface area contributed by atoms with Crippen LogP contribution in [0.1, 0.15) is 12.7 Å². The number of aliphatic hydroxyl groups is 1. The molecular formula is C9H16N4O3. The molecule has 1 rings (SSSR count). The highest BCUT2D eigenvalue weighted by Crippen LogP contribution is 2.27. The van der Waals surface area contributed by atoms with Crippen LogP contribution in [-0.2, 0) is 7.05 Å². The van der Waals surface area contributed by atoms with Gasteiger partial charge in [-0.2, -0.15) is 0 Å². The normalized spacial score (nSPS) is 10.5. The van der Waals surface area contributed by atoms with Crippen LogP contribution < -0.4 is 4.90 Å². The van der Waals surface area contributed by atoms with E-state index in [4.69, 9.17) is 5.11 Å². The van der Waals surface area contributed by atoms with Crippen molar-refractivity contribution in [2.75, 3.05) is 24.6 Å². The Morgan fingerprint density at radius 3 is 2.69 bits per heavy atom. The van der Waals surface area contributed by atoms with Crippen LogP contribution in [0.15, 0.2) is 0 Å². The van der Waals surface area contributed by atoms with E-state index in [9.17, 15) is 10.1 Å². The summed E-state index contributed by atoms with van der Waals surface area (Å²) in [5, 5.41) is 19.8. The number of nitro groups is 1. The molecule has 0 aromatic carbocycles. The monoisotopic (exact) mass is 228 g/mol. The molecule has 1 N–H and O–H groups in total. The molecule has 16 heavy (non-hydrogen) atoms. The second-order valence-electron chi connectivity index (χ2n) is 3.43. The van der Waals surface area contributed by atoms with Gasteiger partial charge in [-0.1, -0.05) is 0 Å². The third-order valence-electron chi connectivity index (χ3n) is 2.49. The topological polar surface area (TPSA) is 84.4 Å². The zero-order chi connectivity index (χ0) is 12.3. The van der Waals surface area contributed by atoms with E-state index in [1.54, 1.807) is 23.4 Å². The molecule has 1 aromatic rings. The molecule has 0 aliphatic heterocycles. The minimum Gasteiger partial charge on any atom is -0.395 e. The lowest BCUT2D eigenvalue weighted by Crippen LogP contribution is -2.28. The van der Waals surface area contributed by atoms with E-state index in [1.807, 2.05) is 6.92 Å². The summed E-state index contributed by atoms with van der Waals surface area (Å²) in [6, 6.07) is 0. The Hall–Kier alpha value is -1.63. The number of aryl methyl sites for hydroxylation is 1. The molecule has 0 amide bonds. The van der Waals surface area contributed by atoms with Crippen LogP contribution in [-0.4, -0.2) is 39.3 Å². The van der Waals surface area contributed by atoms with Crippen LogP contribution >= 0.6 is 0 Å². The average molecular weight is 228 g/mol. The molecule has 7 heteroatoms. The van der Waals surface area contributed by atoms with Gasteiger partial charge in [0.05, 0.1) is 6.61 Å². The number of nitrogens with zero attached hydrogens (tertiary/aromatic N) is 4. The lowest BCUT2D eigenvalue weighted by Gasteiger charge is -2.20. The van der Waals surface area contributed by atoms with Gasteiger partial charge in [-0.05, 0) is 16.8 Å². The van der Waals surface area contributed by atoms with E-state index >= 15 is 0 Å². The summed E-state index contributed by atoms with van der Waals surface area (Å²) >= 11 is 0. The van der Waals surface area contributed by atoms with Crippen molar-refractivity contribution in [3.63, 3.8) is 0 Å². The Bertz CT molecular complexity index is 388. The smallest absolute Gasteiger partial charge is 0.395 e. The number of hydrogen-bond donors (Lipinski definition) is 1. The third-order valence-corrected chi connectivity index (χ3v) is 2.49. The maximum absolute atomic E-state index is 10.9. The molecule has 0 saturated carbocycles. The van der Waals surface area contributed by atoms with Crippen LogP contribution in [0.5, 0.6) is 0 Å². The fourth-order valence-corrected chi connectivity index (χ4v) is 1.59. The highest BCUT2D eigenvalue weighted by molar-refractivity contribution is 5.55. The molecule has 1 heterocycles. The fourth-order valence-electron chi connectivity index (χ4n) is 1.59. The zero-order valence-electron chi connectivity index (χ0n) is 9.67. The van der Waals surface area contributed by atoms with Crippen LogP contribution in [0, 0.1) is 17.0 Å². The van der Waals surface area contributed by atoms with Gasteiger partial charge < -0.3 is 20.1 Å². The molecule has 7 nitrogen and oxygen atoms in total. The van der Waals surface area contributed by atoms with E-state index in [-0.39, 0.29) is 12.4 Å². The summed E-state index contributed by atoms with van der Waals surface area (Å²) in [6.07, 6.45) is 0. The molecule has 0 saturated heterocycles. The van der Waals surface area contributed by atoms with Gasteiger partial charge in [0.25, 0.3) is 0 Å². The maximum atomic E-state index is 10.9. The molecule has 0 spiro atoms. The minimum absolute atomic E-state index is 0.0464. The largest absolute Gasteiger partial charge is 0.406 e. The number of imidazole rings is 1. The zero-order valence-corrected chi connectivity index (χ0v) is 9.67. The van der Waals surface area contributed by atoms with Gasteiger partial charge in [0.1, 0.15) is 0 Å². The number of aliphatic hydroxyl groups excluding tert-OH is 1. The van der Waals surface area contributed by atoms with Gasteiger partial charge in [-0.15, -0.1) is 0 Å². The molecule has 0 aliphatic rings. The van der Waals surface area contributed by atoms with Gasteiger partial charge >= 0.3 is 5.82 Å². The van der Waals surface area contributed by atoms with E-state index < -0.39 is 4.92 Å². The Kier molecular flexibility index (Phi) is 3.83. The Morgan fingerprint density at radius 2 is 2.25 bits per heavy atom. The van der Waals surface area contributed by atoms with E-state index in [2.05, 4.69) is 4.98 Å². The van der Waals surface area contributed by atoms with Gasteiger partial charge in [0.2, 0.25) is 11.6 Å². The van der Waals surface area contributed by atoms with Crippen LogP contribution in [0.25, 0.3) is 0 Å². The Labute approximate surface area is 93.5 Å². The number of hydrogen-bond acceptors (Lipinski definition) is 5.